The first-order chi connectivity index (χ1) is 31.2. The first-order valence-electron chi connectivity index (χ1n) is 21.7. The summed E-state index contributed by atoms with van der Waals surface area (Å²) in [4.78, 5) is 2.41. The van der Waals surface area contributed by atoms with Gasteiger partial charge in [0.05, 0.1) is 5.41 Å². The van der Waals surface area contributed by atoms with Crippen LogP contribution in [0.5, 0.6) is 0 Å². The van der Waals surface area contributed by atoms with Crippen LogP contribution in [0.25, 0.3) is 77.6 Å². The van der Waals surface area contributed by atoms with Crippen LogP contribution in [0.2, 0.25) is 0 Å². The quantitative estimate of drug-likeness (QED) is 0.172. The largest absolute Gasteiger partial charge is 0.456 e. The maximum atomic E-state index is 6.57. The third kappa shape index (κ3) is 5.32. The highest BCUT2D eigenvalue weighted by molar-refractivity contribution is 6.09. The van der Waals surface area contributed by atoms with Gasteiger partial charge >= 0.3 is 0 Å². The molecule has 1 heterocycles. The van der Waals surface area contributed by atoms with Crippen LogP contribution in [0.15, 0.2) is 241 Å². The molecule has 2 aliphatic rings. The summed E-state index contributed by atoms with van der Waals surface area (Å²) < 4.78 is 6.57. The molecule has 0 amide bonds. The summed E-state index contributed by atoms with van der Waals surface area (Å²) >= 11 is 0. The number of rotatable bonds is 5. The summed E-state index contributed by atoms with van der Waals surface area (Å²) in [6.45, 7) is 0. The van der Waals surface area contributed by atoms with Crippen molar-refractivity contribution in [2.45, 2.75) is 5.41 Å². The van der Waals surface area contributed by atoms with Gasteiger partial charge in [0.2, 0.25) is 0 Å². The average molecular weight is 802 g/mol. The third-order valence-corrected chi connectivity index (χ3v) is 13.5. The van der Waals surface area contributed by atoms with E-state index in [-0.39, 0.29) is 0 Å². The molecule has 11 aromatic rings. The van der Waals surface area contributed by atoms with Gasteiger partial charge in [-0.2, -0.15) is 0 Å². The van der Waals surface area contributed by atoms with Gasteiger partial charge in [0.25, 0.3) is 0 Å². The van der Waals surface area contributed by atoms with Crippen LogP contribution in [0.1, 0.15) is 22.3 Å². The molecular formula is C61H39NO. The van der Waals surface area contributed by atoms with Crippen molar-refractivity contribution >= 4 is 39.0 Å². The molecule has 0 saturated heterocycles. The molecule has 1 aromatic heterocycles. The lowest BCUT2D eigenvalue weighted by Gasteiger charge is -2.36. The molecule has 13 rings (SSSR count). The average Bonchev–Trinajstić information content (AvgIpc) is 3.83. The lowest BCUT2D eigenvalue weighted by atomic mass is 9.65. The molecule has 63 heavy (non-hydrogen) atoms. The minimum absolute atomic E-state index is 0.624. The molecule has 0 radical (unpaired) electrons. The summed E-state index contributed by atoms with van der Waals surface area (Å²) in [7, 11) is 0. The van der Waals surface area contributed by atoms with Crippen molar-refractivity contribution in [3.8, 4) is 55.6 Å². The van der Waals surface area contributed by atoms with Gasteiger partial charge in [-0.15, -0.1) is 0 Å². The van der Waals surface area contributed by atoms with E-state index in [1.54, 1.807) is 0 Å². The molecule has 0 saturated carbocycles. The minimum Gasteiger partial charge on any atom is -0.456 e. The number of anilines is 3. The third-order valence-electron chi connectivity index (χ3n) is 13.5. The van der Waals surface area contributed by atoms with E-state index in [1.165, 1.54) is 77.9 Å². The van der Waals surface area contributed by atoms with Crippen molar-refractivity contribution < 1.29 is 4.42 Å². The van der Waals surface area contributed by atoms with E-state index in [2.05, 4.69) is 241 Å². The smallest absolute Gasteiger partial charge is 0.136 e. The van der Waals surface area contributed by atoms with Crippen molar-refractivity contribution in [3.63, 3.8) is 0 Å². The number of para-hydroxylation sites is 1. The molecule has 1 atom stereocenters. The maximum Gasteiger partial charge on any atom is 0.136 e. The molecule has 0 bridgehead atoms. The van der Waals surface area contributed by atoms with Crippen LogP contribution >= 0.6 is 0 Å². The lowest BCUT2D eigenvalue weighted by Crippen LogP contribution is -2.29. The van der Waals surface area contributed by atoms with E-state index in [4.69, 9.17) is 4.42 Å². The highest BCUT2D eigenvalue weighted by atomic mass is 16.3. The van der Waals surface area contributed by atoms with Gasteiger partial charge in [0.1, 0.15) is 11.2 Å². The first kappa shape index (κ1) is 35.5. The molecule has 0 N–H and O–H groups in total. The highest BCUT2D eigenvalue weighted by Crippen LogP contribution is 2.62. The molecule has 2 nitrogen and oxygen atoms in total. The van der Waals surface area contributed by atoms with E-state index in [0.29, 0.717) is 0 Å². The number of hydrogen-bond acceptors (Lipinski definition) is 2. The Kier molecular flexibility index (Phi) is 7.85. The molecule has 1 spiro atoms. The van der Waals surface area contributed by atoms with E-state index < -0.39 is 5.41 Å². The fourth-order valence-electron chi connectivity index (χ4n) is 10.8. The SMILES string of the molecule is c1ccc(-c2ccc(N(c3ccc(-c4ccccc4)cc3)c3ccc4c(c3)-c3ccccc3-c3ccccc3C43c4ccccc4-c4cc5oc6ccccc6c5cc43)cc2)cc1. The monoisotopic (exact) mass is 801 g/mol. The standard InChI is InChI=1S/C61H39NO/c1-3-15-40(16-4-1)42-27-31-44(32-28-42)62(45-33-29-43(30-34-45)41-17-5-2-6-18-41)46-35-36-57-52(37-46)48-20-8-7-19-47(48)49-21-9-12-24-55(49)61(57)56-25-13-10-22-50(56)53-39-60-54(38-58(53)61)51-23-11-14-26-59(51)63-60/h1-39H. The van der Waals surface area contributed by atoms with E-state index in [0.717, 1.165) is 39.0 Å². The van der Waals surface area contributed by atoms with Crippen LogP contribution in [0.4, 0.5) is 17.1 Å². The highest BCUT2D eigenvalue weighted by Gasteiger charge is 2.50. The zero-order valence-corrected chi connectivity index (χ0v) is 34.4. The summed E-state index contributed by atoms with van der Waals surface area (Å²) in [5, 5.41) is 2.27. The molecule has 0 fully saturated rings. The predicted octanol–water partition coefficient (Wildman–Crippen LogP) is 16.4. The lowest BCUT2D eigenvalue weighted by molar-refractivity contribution is 0.668. The van der Waals surface area contributed by atoms with Gasteiger partial charge < -0.3 is 9.32 Å². The van der Waals surface area contributed by atoms with Crippen molar-refractivity contribution in [1.29, 1.82) is 0 Å². The molecule has 1 unspecified atom stereocenters. The molecule has 294 valence electrons. The van der Waals surface area contributed by atoms with Crippen LogP contribution < -0.4 is 4.90 Å². The van der Waals surface area contributed by atoms with Gasteiger partial charge in [-0.3, -0.25) is 0 Å². The van der Waals surface area contributed by atoms with E-state index >= 15 is 0 Å². The second-order valence-electron chi connectivity index (χ2n) is 16.8. The summed E-state index contributed by atoms with van der Waals surface area (Å²) in [6.07, 6.45) is 0. The number of hydrogen-bond donors (Lipinski definition) is 0. The Balaban J connectivity index is 1.08. The zero-order valence-electron chi connectivity index (χ0n) is 34.4. The summed E-state index contributed by atoms with van der Waals surface area (Å²) in [6, 6.07) is 86.8. The van der Waals surface area contributed by atoms with Gasteiger partial charge in [0, 0.05) is 27.8 Å². The maximum absolute atomic E-state index is 6.57. The summed E-state index contributed by atoms with van der Waals surface area (Å²) in [5.74, 6) is 0. The fourth-order valence-corrected chi connectivity index (χ4v) is 10.8. The normalized spacial score (nSPS) is 14.4. The van der Waals surface area contributed by atoms with Gasteiger partial charge in [-0.1, -0.05) is 182 Å². The Hall–Kier alpha value is -8.20. The molecular weight excluding hydrogens is 763 g/mol. The fraction of sp³-hybridized carbons (Fsp3) is 0.0164. The Labute approximate surface area is 366 Å². The van der Waals surface area contributed by atoms with Crippen molar-refractivity contribution in [3.05, 3.63) is 259 Å². The van der Waals surface area contributed by atoms with Crippen LogP contribution in [0, 0.1) is 0 Å². The molecule has 0 aliphatic heterocycles. The molecule has 10 aromatic carbocycles. The van der Waals surface area contributed by atoms with Crippen LogP contribution in [-0.2, 0) is 5.41 Å². The number of nitrogens with zero attached hydrogens (tertiary/aromatic N) is 1. The first-order valence-corrected chi connectivity index (χ1v) is 21.7. The second kappa shape index (κ2) is 13.9. The van der Waals surface area contributed by atoms with Crippen LogP contribution in [0.3, 0.4) is 0 Å². The van der Waals surface area contributed by atoms with E-state index in [9.17, 15) is 0 Å². The van der Waals surface area contributed by atoms with Crippen molar-refractivity contribution in [1.82, 2.24) is 0 Å². The molecule has 2 aliphatic carbocycles. The number of furan rings is 1. The predicted molar refractivity (Wildman–Crippen MR) is 261 cm³/mol. The Morgan fingerprint density at radius 1 is 0.270 bits per heavy atom. The Bertz CT molecular complexity index is 3470. The van der Waals surface area contributed by atoms with Crippen molar-refractivity contribution in [2.24, 2.45) is 0 Å². The van der Waals surface area contributed by atoms with Crippen LogP contribution in [-0.4, -0.2) is 0 Å². The number of benzene rings is 10. The van der Waals surface area contributed by atoms with Crippen molar-refractivity contribution in [2.75, 3.05) is 4.90 Å². The minimum atomic E-state index is -0.624. The zero-order chi connectivity index (χ0) is 41.5. The summed E-state index contributed by atoms with van der Waals surface area (Å²) in [5.41, 5.74) is 21.7. The van der Waals surface area contributed by atoms with Gasteiger partial charge in [-0.25, -0.2) is 0 Å². The topological polar surface area (TPSA) is 16.4 Å². The Morgan fingerprint density at radius 2 is 0.714 bits per heavy atom. The van der Waals surface area contributed by atoms with E-state index in [1.807, 2.05) is 0 Å². The Morgan fingerprint density at radius 3 is 1.33 bits per heavy atom. The van der Waals surface area contributed by atoms with Gasteiger partial charge in [-0.05, 0) is 132 Å². The second-order valence-corrected chi connectivity index (χ2v) is 16.8. The van der Waals surface area contributed by atoms with Gasteiger partial charge in [0.15, 0.2) is 0 Å². The molecule has 2 heteroatoms. The number of fused-ring (bicyclic) bond motifs is 15.